The number of amides is 1. The van der Waals surface area contributed by atoms with Crippen LogP contribution in [-0.4, -0.2) is 33.8 Å². The summed E-state index contributed by atoms with van der Waals surface area (Å²) in [6.45, 7) is 1.18. The molecular formula is C19H20N4OS2. The fourth-order valence-electron chi connectivity index (χ4n) is 2.42. The van der Waals surface area contributed by atoms with Crippen LogP contribution >= 0.6 is 23.1 Å². The van der Waals surface area contributed by atoms with Crippen LogP contribution in [0, 0.1) is 0 Å². The Bertz CT molecular complexity index is 782. The average molecular weight is 385 g/mol. The van der Waals surface area contributed by atoms with E-state index in [0.29, 0.717) is 18.8 Å². The fraction of sp³-hybridized carbons (Fsp3) is 0.211. The van der Waals surface area contributed by atoms with Gasteiger partial charge in [0.1, 0.15) is 0 Å². The summed E-state index contributed by atoms with van der Waals surface area (Å²) in [6.07, 6.45) is 0. The predicted molar refractivity (Wildman–Crippen MR) is 107 cm³/mol. The second kappa shape index (κ2) is 9.35. The van der Waals surface area contributed by atoms with Gasteiger partial charge in [0, 0.05) is 20.1 Å². The van der Waals surface area contributed by atoms with E-state index < -0.39 is 0 Å². The summed E-state index contributed by atoms with van der Waals surface area (Å²) >= 11 is 2.88. The molecule has 1 heterocycles. The topological polar surface area (TPSA) is 58.1 Å². The molecule has 0 bridgehead atoms. The van der Waals surface area contributed by atoms with E-state index in [1.807, 2.05) is 72.6 Å². The summed E-state index contributed by atoms with van der Waals surface area (Å²) in [4.78, 5) is 14.7. The van der Waals surface area contributed by atoms with Crippen LogP contribution in [0.25, 0.3) is 0 Å². The van der Waals surface area contributed by atoms with Crippen LogP contribution in [0.3, 0.4) is 0 Å². The molecule has 134 valence electrons. The zero-order valence-corrected chi connectivity index (χ0v) is 16.1. The number of carbonyl (C=O) groups excluding carboxylic acids is 1. The van der Waals surface area contributed by atoms with E-state index in [2.05, 4.69) is 15.5 Å². The molecule has 7 heteroatoms. The van der Waals surface area contributed by atoms with Crippen molar-refractivity contribution < 1.29 is 4.79 Å². The highest BCUT2D eigenvalue weighted by Gasteiger charge is 2.16. The smallest absolute Gasteiger partial charge is 0.233 e. The number of hydrogen-bond acceptors (Lipinski definition) is 6. The lowest BCUT2D eigenvalue weighted by Gasteiger charge is -2.23. The van der Waals surface area contributed by atoms with E-state index in [-0.39, 0.29) is 5.91 Å². The summed E-state index contributed by atoms with van der Waals surface area (Å²) in [5.74, 6) is 0.432. The van der Waals surface area contributed by atoms with Gasteiger partial charge in [-0.05, 0) is 11.1 Å². The first kappa shape index (κ1) is 18.4. The number of rotatable bonds is 8. The highest BCUT2D eigenvalue weighted by molar-refractivity contribution is 8.01. The molecule has 0 aliphatic heterocycles. The highest BCUT2D eigenvalue weighted by Crippen LogP contribution is 2.25. The van der Waals surface area contributed by atoms with Gasteiger partial charge >= 0.3 is 0 Å². The summed E-state index contributed by atoms with van der Waals surface area (Å²) in [5, 5.41) is 11.8. The molecular weight excluding hydrogens is 364 g/mol. The van der Waals surface area contributed by atoms with E-state index >= 15 is 0 Å². The summed E-state index contributed by atoms with van der Waals surface area (Å²) < 4.78 is 0.794. The van der Waals surface area contributed by atoms with Crippen LogP contribution < -0.4 is 5.32 Å². The van der Waals surface area contributed by atoms with Crippen molar-refractivity contribution in [3.8, 4) is 0 Å². The summed E-state index contributed by atoms with van der Waals surface area (Å²) in [5.41, 5.74) is 2.24. The van der Waals surface area contributed by atoms with Crippen molar-refractivity contribution in [1.82, 2.24) is 15.1 Å². The van der Waals surface area contributed by atoms with Crippen molar-refractivity contribution in [2.24, 2.45) is 0 Å². The van der Waals surface area contributed by atoms with Gasteiger partial charge in [0.25, 0.3) is 0 Å². The first-order valence-electron chi connectivity index (χ1n) is 8.24. The quantitative estimate of drug-likeness (QED) is 0.597. The number of benzene rings is 2. The van der Waals surface area contributed by atoms with E-state index in [9.17, 15) is 4.79 Å². The first-order chi connectivity index (χ1) is 12.7. The normalized spacial score (nSPS) is 10.5. The molecule has 1 N–H and O–H groups in total. The van der Waals surface area contributed by atoms with Crippen molar-refractivity contribution in [3.63, 3.8) is 0 Å². The summed E-state index contributed by atoms with van der Waals surface area (Å²) in [6, 6.07) is 20.1. The van der Waals surface area contributed by atoms with Gasteiger partial charge in [-0.25, -0.2) is 0 Å². The molecule has 0 radical (unpaired) electrons. The second-order valence-corrected chi connectivity index (χ2v) is 7.83. The second-order valence-electron chi connectivity index (χ2n) is 5.63. The Morgan fingerprint density at radius 2 is 1.58 bits per heavy atom. The fourth-order valence-corrected chi connectivity index (χ4v) is 4.03. The Labute approximate surface area is 161 Å². The van der Waals surface area contributed by atoms with E-state index in [1.165, 1.54) is 23.1 Å². The van der Waals surface area contributed by atoms with Crippen LogP contribution in [0.15, 0.2) is 65.0 Å². The van der Waals surface area contributed by atoms with Gasteiger partial charge in [0.2, 0.25) is 11.0 Å². The molecule has 0 spiro atoms. The lowest BCUT2D eigenvalue weighted by molar-refractivity contribution is -0.129. The minimum atomic E-state index is 0.0870. The van der Waals surface area contributed by atoms with Gasteiger partial charge in [0.05, 0.1) is 5.75 Å². The molecule has 0 saturated heterocycles. The summed E-state index contributed by atoms with van der Waals surface area (Å²) in [7, 11) is 1.81. The van der Waals surface area contributed by atoms with Gasteiger partial charge < -0.3 is 10.2 Å². The lowest BCUT2D eigenvalue weighted by atomic mass is 10.1. The molecule has 0 fully saturated rings. The van der Waals surface area contributed by atoms with Crippen LogP contribution in [0.1, 0.15) is 11.1 Å². The van der Waals surface area contributed by atoms with E-state index in [1.54, 1.807) is 0 Å². The molecule has 5 nitrogen and oxygen atoms in total. The van der Waals surface area contributed by atoms with Crippen molar-refractivity contribution in [3.05, 3.63) is 71.8 Å². The Kier molecular flexibility index (Phi) is 6.62. The van der Waals surface area contributed by atoms with Crippen molar-refractivity contribution in [1.29, 1.82) is 0 Å². The number of nitrogens with one attached hydrogen (secondary N) is 1. The molecule has 3 rings (SSSR count). The molecule has 1 amide bonds. The number of hydrogen-bond donors (Lipinski definition) is 1. The Hall–Kier alpha value is -2.38. The van der Waals surface area contributed by atoms with Gasteiger partial charge in [-0.15, -0.1) is 10.2 Å². The molecule has 2 aromatic carbocycles. The highest BCUT2D eigenvalue weighted by atomic mass is 32.2. The predicted octanol–water partition coefficient (Wildman–Crippen LogP) is 3.90. The third-order valence-electron chi connectivity index (χ3n) is 3.72. The van der Waals surface area contributed by atoms with Gasteiger partial charge in [0.15, 0.2) is 4.34 Å². The van der Waals surface area contributed by atoms with Gasteiger partial charge in [-0.2, -0.15) is 0 Å². The maximum atomic E-state index is 12.8. The monoisotopic (exact) mass is 384 g/mol. The van der Waals surface area contributed by atoms with Crippen LogP contribution in [0.5, 0.6) is 0 Å². The SMILES string of the molecule is CNc1nnc(SCC(=O)N(Cc2ccccc2)Cc2ccccc2)s1. The number of anilines is 1. The minimum Gasteiger partial charge on any atom is -0.363 e. The zero-order valence-electron chi connectivity index (χ0n) is 14.5. The van der Waals surface area contributed by atoms with Crippen LogP contribution in [0.4, 0.5) is 5.13 Å². The molecule has 0 aliphatic rings. The van der Waals surface area contributed by atoms with E-state index in [4.69, 9.17) is 0 Å². The zero-order chi connectivity index (χ0) is 18.2. The van der Waals surface area contributed by atoms with Crippen molar-refractivity contribution in [2.45, 2.75) is 17.4 Å². The molecule has 0 atom stereocenters. The Balaban J connectivity index is 1.67. The standard InChI is InChI=1S/C19H20N4OS2/c1-20-18-21-22-19(26-18)25-14-17(24)23(12-15-8-4-2-5-9-15)13-16-10-6-3-7-11-16/h2-11H,12-14H2,1H3,(H,20,21). The van der Waals surface area contributed by atoms with Gasteiger partial charge in [-0.3, -0.25) is 4.79 Å². The molecule has 0 unspecified atom stereocenters. The number of thioether (sulfide) groups is 1. The molecule has 26 heavy (non-hydrogen) atoms. The van der Waals surface area contributed by atoms with Gasteiger partial charge in [-0.1, -0.05) is 83.8 Å². The Morgan fingerprint density at radius 3 is 2.08 bits per heavy atom. The number of carbonyl (C=O) groups is 1. The Morgan fingerprint density at radius 1 is 1.00 bits per heavy atom. The molecule has 3 aromatic rings. The van der Waals surface area contributed by atoms with Crippen molar-refractivity contribution >= 4 is 34.1 Å². The third kappa shape index (κ3) is 5.31. The number of nitrogens with zero attached hydrogens (tertiary/aromatic N) is 3. The minimum absolute atomic E-state index is 0.0870. The third-order valence-corrected chi connectivity index (χ3v) is 5.78. The lowest BCUT2D eigenvalue weighted by Crippen LogP contribution is -2.31. The molecule has 0 saturated carbocycles. The molecule has 0 aliphatic carbocycles. The van der Waals surface area contributed by atoms with Crippen LogP contribution in [-0.2, 0) is 17.9 Å². The maximum absolute atomic E-state index is 12.8. The molecule has 1 aromatic heterocycles. The van der Waals surface area contributed by atoms with E-state index in [0.717, 1.165) is 20.6 Å². The average Bonchev–Trinajstić information content (AvgIpc) is 3.15. The number of aromatic nitrogens is 2. The van der Waals surface area contributed by atoms with Crippen molar-refractivity contribution in [2.75, 3.05) is 18.1 Å². The largest absolute Gasteiger partial charge is 0.363 e. The van der Waals surface area contributed by atoms with Crippen LogP contribution in [0.2, 0.25) is 0 Å². The maximum Gasteiger partial charge on any atom is 0.233 e. The first-order valence-corrected chi connectivity index (χ1v) is 10.0.